The maximum Gasteiger partial charge on any atom is 0.338 e. The number of amides is 2. The Morgan fingerprint density at radius 3 is 2.66 bits per heavy atom. The predicted molar refractivity (Wildman–Crippen MR) is 114 cm³/mol. The van der Waals surface area contributed by atoms with E-state index in [1.807, 2.05) is 0 Å². The van der Waals surface area contributed by atoms with Crippen molar-refractivity contribution in [3.8, 4) is 0 Å². The average Bonchev–Trinajstić information content (AvgIpc) is 3.30. The summed E-state index contributed by atoms with van der Waals surface area (Å²) in [5.74, 6) is -0.648. The topological polar surface area (TPSA) is 88.9 Å². The van der Waals surface area contributed by atoms with Crippen molar-refractivity contribution < 1.29 is 23.5 Å². The van der Waals surface area contributed by atoms with Crippen molar-refractivity contribution in [2.45, 2.75) is 19.9 Å². The fourth-order valence-corrected chi connectivity index (χ4v) is 3.98. The van der Waals surface area contributed by atoms with Gasteiger partial charge in [-0.2, -0.15) is 0 Å². The number of thiocarbonyl (C=S) groups is 1. The van der Waals surface area contributed by atoms with Crippen molar-refractivity contribution in [3.63, 3.8) is 0 Å². The Labute approximate surface area is 177 Å². The molecular weight excluding hydrogens is 412 g/mol. The van der Waals surface area contributed by atoms with Gasteiger partial charge in [0.25, 0.3) is 5.91 Å². The van der Waals surface area contributed by atoms with E-state index in [0.29, 0.717) is 26.2 Å². The molecule has 0 radical (unpaired) electrons. The van der Waals surface area contributed by atoms with Crippen LogP contribution in [-0.2, 0) is 14.3 Å². The molecule has 0 saturated carbocycles. The van der Waals surface area contributed by atoms with Crippen LogP contribution in [0, 0.1) is 0 Å². The molecule has 2 amide bonds. The molecule has 1 fully saturated rings. The smallest absolute Gasteiger partial charge is 0.338 e. The molecule has 7 nitrogen and oxygen atoms in total. The van der Waals surface area contributed by atoms with E-state index in [2.05, 4.69) is 5.32 Å². The van der Waals surface area contributed by atoms with Crippen molar-refractivity contribution in [2.24, 2.45) is 0 Å². The molecule has 1 N–H and O–H groups in total. The minimum absolute atomic E-state index is 0.285. The van der Waals surface area contributed by atoms with Crippen molar-refractivity contribution >= 4 is 57.8 Å². The average molecular weight is 431 g/mol. The number of benzene rings is 1. The van der Waals surface area contributed by atoms with Crippen molar-refractivity contribution in [1.29, 1.82) is 0 Å². The third kappa shape index (κ3) is 4.75. The van der Waals surface area contributed by atoms with Crippen molar-refractivity contribution in [2.75, 3.05) is 11.9 Å². The van der Waals surface area contributed by atoms with Crippen LogP contribution >= 0.6 is 24.0 Å². The van der Waals surface area contributed by atoms with Crippen molar-refractivity contribution in [3.05, 3.63) is 58.9 Å². The lowest BCUT2D eigenvalue weighted by atomic mass is 10.2. The van der Waals surface area contributed by atoms with Gasteiger partial charge in [-0.3, -0.25) is 14.5 Å². The second-order valence-electron chi connectivity index (χ2n) is 6.03. The Bertz CT molecular complexity index is 967. The summed E-state index contributed by atoms with van der Waals surface area (Å²) >= 11 is 6.41. The lowest BCUT2D eigenvalue weighted by Gasteiger charge is -2.22. The molecule has 150 valence electrons. The van der Waals surface area contributed by atoms with E-state index in [0.717, 1.165) is 11.8 Å². The molecule has 1 unspecified atom stereocenters. The lowest BCUT2D eigenvalue weighted by molar-refractivity contribution is -0.129. The second-order valence-corrected chi connectivity index (χ2v) is 7.71. The van der Waals surface area contributed by atoms with Crippen LogP contribution in [0.4, 0.5) is 5.69 Å². The molecule has 0 aliphatic carbocycles. The van der Waals surface area contributed by atoms with Crippen LogP contribution in [0.3, 0.4) is 0 Å². The zero-order valence-electron chi connectivity index (χ0n) is 15.7. The van der Waals surface area contributed by atoms with E-state index in [-0.39, 0.29) is 12.5 Å². The first-order valence-electron chi connectivity index (χ1n) is 8.79. The number of furan rings is 1. The highest BCUT2D eigenvalue weighted by Gasteiger charge is 2.38. The zero-order chi connectivity index (χ0) is 21.0. The van der Waals surface area contributed by atoms with Crippen LogP contribution < -0.4 is 5.32 Å². The van der Waals surface area contributed by atoms with Gasteiger partial charge in [0.15, 0.2) is 0 Å². The van der Waals surface area contributed by atoms with E-state index >= 15 is 0 Å². The number of rotatable bonds is 6. The Morgan fingerprint density at radius 2 is 2.03 bits per heavy atom. The molecule has 3 rings (SSSR count). The van der Waals surface area contributed by atoms with Gasteiger partial charge >= 0.3 is 5.97 Å². The minimum Gasteiger partial charge on any atom is -0.465 e. The molecule has 0 bridgehead atoms. The van der Waals surface area contributed by atoms with Crippen LogP contribution in [0.1, 0.15) is 30.0 Å². The number of nitrogens with one attached hydrogen (secondary N) is 1. The van der Waals surface area contributed by atoms with E-state index in [9.17, 15) is 14.4 Å². The summed E-state index contributed by atoms with van der Waals surface area (Å²) in [4.78, 5) is 38.7. The molecule has 2 aromatic rings. The van der Waals surface area contributed by atoms with E-state index < -0.39 is 17.9 Å². The summed E-state index contributed by atoms with van der Waals surface area (Å²) in [7, 11) is 0. The van der Waals surface area contributed by atoms with E-state index in [4.69, 9.17) is 21.4 Å². The molecule has 1 aliphatic rings. The van der Waals surface area contributed by atoms with Crippen LogP contribution in [-0.4, -0.2) is 39.7 Å². The van der Waals surface area contributed by atoms with Crippen LogP contribution in [0.15, 0.2) is 52.0 Å². The maximum atomic E-state index is 12.7. The quantitative estimate of drug-likeness (QED) is 0.425. The Balaban J connectivity index is 1.67. The maximum absolute atomic E-state index is 12.7. The van der Waals surface area contributed by atoms with E-state index in [1.165, 1.54) is 11.2 Å². The minimum atomic E-state index is -0.810. The molecule has 1 saturated heterocycles. The van der Waals surface area contributed by atoms with Crippen LogP contribution in [0.25, 0.3) is 6.08 Å². The third-order valence-corrected chi connectivity index (χ3v) is 5.40. The first-order valence-corrected chi connectivity index (χ1v) is 10.0. The highest BCUT2D eigenvalue weighted by Crippen LogP contribution is 2.34. The van der Waals surface area contributed by atoms with Gasteiger partial charge in [-0.15, -0.1) is 0 Å². The molecule has 1 aromatic heterocycles. The number of hydrogen-bond donors (Lipinski definition) is 1. The molecule has 29 heavy (non-hydrogen) atoms. The van der Waals surface area contributed by atoms with Gasteiger partial charge in [0, 0.05) is 11.8 Å². The van der Waals surface area contributed by atoms with Crippen LogP contribution in [0.5, 0.6) is 0 Å². The predicted octanol–water partition coefficient (Wildman–Crippen LogP) is 3.68. The largest absolute Gasteiger partial charge is 0.465 e. The highest BCUT2D eigenvalue weighted by molar-refractivity contribution is 8.26. The second kappa shape index (κ2) is 9.06. The molecule has 9 heteroatoms. The molecule has 1 atom stereocenters. The molecular formula is C20H18N2O5S2. The van der Waals surface area contributed by atoms with Gasteiger partial charge in [0.2, 0.25) is 5.91 Å². The van der Waals surface area contributed by atoms with Gasteiger partial charge in [-0.05, 0) is 50.2 Å². The monoisotopic (exact) mass is 430 g/mol. The first-order chi connectivity index (χ1) is 13.9. The number of esters is 1. The number of hydrogen-bond acceptors (Lipinski definition) is 7. The summed E-state index contributed by atoms with van der Waals surface area (Å²) in [5, 5.41) is 2.73. The standard InChI is InChI=1S/C20H18N2O5S2/c1-3-26-19(25)13-6-8-14(9-7-13)21-17(23)12(2)22-18(24)16(29-20(22)28)11-15-5-4-10-27-15/h4-12H,3H2,1-2H3,(H,21,23)/b16-11-. The number of ether oxygens (including phenoxy) is 1. The molecule has 1 aromatic carbocycles. The molecule has 1 aliphatic heterocycles. The number of carbonyl (C=O) groups excluding carboxylic acids is 3. The van der Waals surface area contributed by atoms with Gasteiger partial charge in [-0.1, -0.05) is 24.0 Å². The van der Waals surface area contributed by atoms with Gasteiger partial charge < -0.3 is 14.5 Å². The summed E-state index contributed by atoms with van der Waals surface area (Å²) in [6.07, 6.45) is 3.11. The third-order valence-electron chi connectivity index (χ3n) is 4.07. The normalized spacial score (nSPS) is 16.2. The van der Waals surface area contributed by atoms with Gasteiger partial charge in [0.1, 0.15) is 16.1 Å². The van der Waals surface area contributed by atoms with Gasteiger partial charge in [-0.25, -0.2) is 4.79 Å². The SMILES string of the molecule is CCOC(=O)c1ccc(NC(=O)C(C)N2C(=O)/C(=C/c3ccco3)SC2=S)cc1. The van der Waals surface area contributed by atoms with Gasteiger partial charge in [0.05, 0.1) is 23.3 Å². The highest BCUT2D eigenvalue weighted by atomic mass is 32.2. The Kier molecular flexibility index (Phi) is 6.50. The van der Waals surface area contributed by atoms with Crippen LogP contribution in [0.2, 0.25) is 0 Å². The molecule has 2 heterocycles. The first kappa shape index (κ1) is 20.8. The lowest BCUT2D eigenvalue weighted by Crippen LogP contribution is -2.44. The Hall–Kier alpha value is -2.91. The molecule has 0 spiro atoms. The summed E-state index contributed by atoms with van der Waals surface area (Å²) < 4.78 is 10.5. The summed E-state index contributed by atoms with van der Waals surface area (Å²) in [5.41, 5.74) is 0.879. The van der Waals surface area contributed by atoms with Crippen molar-refractivity contribution in [1.82, 2.24) is 4.90 Å². The Morgan fingerprint density at radius 1 is 1.31 bits per heavy atom. The number of nitrogens with zero attached hydrogens (tertiary/aromatic N) is 1. The number of thioether (sulfide) groups is 1. The fourth-order valence-electron chi connectivity index (χ4n) is 2.58. The number of carbonyl (C=O) groups is 3. The van der Waals surface area contributed by atoms with E-state index in [1.54, 1.807) is 56.3 Å². The fraction of sp³-hybridized carbons (Fsp3) is 0.200. The summed E-state index contributed by atoms with van der Waals surface area (Å²) in [6.45, 7) is 3.61. The summed E-state index contributed by atoms with van der Waals surface area (Å²) in [6, 6.07) is 8.94. The number of anilines is 1. The zero-order valence-corrected chi connectivity index (χ0v) is 17.3.